The predicted octanol–water partition coefficient (Wildman–Crippen LogP) is 1.70. The molecule has 2 fully saturated rings. The summed E-state index contributed by atoms with van der Waals surface area (Å²) in [4.78, 5) is 5.12. The Hall–Kier alpha value is -0.590. The number of nitriles is 1. The molecule has 2 aliphatic heterocycles. The van der Waals surface area contributed by atoms with Crippen LogP contribution in [0.1, 0.15) is 33.6 Å². The lowest BCUT2D eigenvalue weighted by molar-refractivity contribution is -0.0307. The first kappa shape index (κ1) is 11.9. The third kappa shape index (κ3) is 2.39. The summed E-state index contributed by atoms with van der Waals surface area (Å²) in [5.41, 5.74) is 0.321. The number of nitrogens with zero attached hydrogens (tertiary/aromatic N) is 3. The molecule has 16 heavy (non-hydrogen) atoms. The molecule has 2 rings (SSSR count). The third-order valence-corrected chi connectivity index (χ3v) is 4.04. The zero-order valence-electron chi connectivity index (χ0n) is 10.7. The molecule has 2 heterocycles. The molecular formula is C13H23N3. The molecule has 0 aliphatic carbocycles. The van der Waals surface area contributed by atoms with Gasteiger partial charge in [-0.05, 0) is 46.7 Å². The Labute approximate surface area is 99.0 Å². The van der Waals surface area contributed by atoms with E-state index in [0.29, 0.717) is 11.5 Å². The van der Waals surface area contributed by atoms with E-state index in [-0.39, 0.29) is 0 Å². The number of piperidine rings is 1. The summed E-state index contributed by atoms with van der Waals surface area (Å²) in [5, 5.41) is 8.86. The Balaban J connectivity index is 1.75. The normalized spacial score (nSPS) is 26.4. The van der Waals surface area contributed by atoms with E-state index >= 15 is 0 Å². The Morgan fingerprint density at radius 2 is 1.69 bits per heavy atom. The summed E-state index contributed by atoms with van der Waals surface area (Å²) < 4.78 is 0. The zero-order valence-corrected chi connectivity index (χ0v) is 10.7. The van der Waals surface area contributed by atoms with Gasteiger partial charge in [-0.25, -0.2) is 0 Å². The molecule has 0 amide bonds. The fraction of sp³-hybridized carbons (Fsp3) is 0.923. The van der Waals surface area contributed by atoms with Gasteiger partial charge in [-0.15, -0.1) is 0 Å². The Morgan fingerprint density at radius 3 is 2.12 bits per heavy atom. The van der Waals surface area contributed by atoms with Crippen molar-refractivity contribution in [2.24, 2.45) is 5.92 Å². The average molecular weight is 221 g/mol. The molecule has 0 atom stereocenters. The highest BCUT2D eigenvalue weighted by Gasteiger charge is 2.38. The summed E-state index contributed by atoms with van der Waals surface area (Å²) in [6, 6.07) is 3.14. The van der Waals surface area contributed by atoms with E-state index in [1.54, 1.807) is 0 Å². The molecule has 0 N–H and O–H groups in total. The van der Waals surface area contributed by atoms with Crippen LogP contribution < -0.4 is 0 Å². The monoisotopic (exact) mass is 221 g/mol. The van der Waals surface area contributed by atoms with Gasteiger partial charge in [0.05, 0.1) is 6.07 Å². The second-order valence-corrected chi connectivity index (χ2v) is 6.17. The van der Waals surface area contributed by atoms with Crippen LogP contribution in [-0.4, -0.2) is 47.6 Å². The minimum atomic E-state index is 0.315. The van der Waals surface area contributed by atoms with Gasteiger partial charge in [0.15, 0.2) is 0 Å². The molecule has 2 aliphatic rings. The highest BCUT2D eigenvalue weighted by molar-refractivity contribution is 4.97. The van der Waals surface area contributed by atoms with Gasteiger partial charge in [0, 0.05) is 30.6 Å². The van der Waals surface area contributed by atoms with Crippen molar-refractivity contribution in [1.82, 2.24) is 9.80 Å². The second-order valence-electron chi connectivity index (χ2n) is 6.17. The maximum atomic E-state index is 8.86. The van der Waals surface area contributed by atoms with Crippen molar-refractivity contribution in [3.63, 3.8) is 0 Å². The van der Waals surface area contributed by atoms with Gasteiger partial charge in [0.2, 0.25) is 0 Å². The van der Waals surface area contributed by atoms with Crippen LogP contribution in [0.3, 0.4) is 0 Å². The van der Waals surface area contributed by atoms with Crippen LogP contribution >= 0.6 is 0 Å². The molecule has 3 nitrogen and oxygen atoms in total. The van der Waals surface area contributed by atoms with E-state index in [9.17, 15) is 0 Å². The predicted molar refractivity (Wildman–Crippen MR) is 65.0 cm³/mol. The molecule has 3 heteroatoms. The first-order valence-electron chi connectivity index (χ1n) is 6.39. The smallest absolute Gasteiger partial charge is 0.0656 e. The highest BCUT2D eigenvalue weighted by Crippen LogP contribution is 2.27. The van der Waals surface area contributed by atoms with Crippen LogP contribution in [0.15, 0.2) is 0 Å². The van der Waals surface area contributed by atoms with Gasteiger partial charge in [-0.3, -0.25) is 9.80 Å². The minimum Gasteiger partial charge on any atom is -0.298 e. The molecule has 90 valence electrons. The van der Waals surface area contributed by atoms with E-state index in [0.717, 1.165) is 32.0 Å². The van der Waals surface area contributed by atoms with E-state index in [2.05, 4.69) is 36.6 Å². The number of hydrogen-bond acceptors (Lipinski definition) is 3. The number of likely N-dealkylation sites (tertiary alicyclic amines) is 2. The molecule has 0 aromatic rings. The van der Waals surface area contributed by atoms with Crippen molar-refractivity contribution in [2.75, 3.05) is 26.2 Å². The Bertz CT molecular complexity index is 273. The van der Waals surface area contributed by atoms with Crippen molar-refractivity contribution in [2.45, 2.75) is 45.2 Å². The molecule has 0 bridgehead atoms. The number of rotatable bonds is 1. The highest BCUT2D eigenvalue weighted by atomic mass is 15.3. The fourth-order valence-electron chi connectivity index (χ4n) is 2.63. The molecular weight excluding hydrogens is 198 g/mol. The van der Waals surface area contributed by atoms with Gasteiger partial charge >= 0.3 is 0 Å². The number of hydrogen-bond donors (Lipinski definition) is 0. The van der Waals surface area contributed by atoms with Crippen LogP contribution in [0.4, 0.5) is 0 Å². The molecule has 0 saturated carbocycles. The van der Waals surface area contributed by atoms with E-state index < -0.39 is 0 Å². The standard InChI is InChI=1S/C13H23N3/c1-13(2,3)16-9-12(10-16)15-6-4-11(8-14)5-7-15/h11-12H,4-7,9-10H2,1-3H3. The lowest BCUT2D eigenvalue weighted by Crippen LogP contribution is -2.65. The quantitative estimate of drug-likeness (QED) is 0.675. The summed E-state index contributed by atoms with van der Waals surface area (Å²) >= 11 is 0. The van der Waals surface area contributed by atoms with Crippen LogP contribution in [0.25, 0.3) is 0 Å². The molecule has 0 unspecified atom stereocenters. The summed E-state index contributed by atoms with van der Waals surface area (Å²) in [6.45, 7) is 11.5. The Kier molecular flexibility index (Phi) is 3.23. The van der Waals surface area contributed by atoms with E-state index in [4.69, 9.17) is 5.26 Å². The fourth-order valence-corrected chi connectivity index (χ4v) is 2.63. The van der Waals surface area contributed by atoms with Crippen LogP contribution in [0.5, 0.6) is 0 Å². The maximum absolute atomic E-state index is 8.86. The summed E-state index contributed by atoms with van der Waals surface area (Å²) in [7, 11) is 0. The van der Waals surface area contributed by atoms with Crippen LogP contribution in [0.2, 0.25) is 0 Å². The van der Waals surface area contributed by atoms with Crippen molar-refractivity contribution < 1.29 is 0 Å². The summed E-state index contributed by atoms with van der Waals surface area (Å²) in [5.74, 6) is 0.315. The van der Waals surface area contributed by atoms with Gasteiger partial charge in [-0.1, -0.05) is 0 Å². The second kappa shape index (κ2) is 4.35. The summed E-state index contributed by atoms with van der Waals surface area (Å²) in [6.07, 6.45) is 2.14. The van der Waals surface area contributed by atoms with Gasteiger partial charge in [-0.2, -0.15) is 5.26 Å². The van der Waals surface area contributed by atoms with E-state index in [1.165, 1.54) is 13.1 Å². The van der Waals surface area contributed by atoms with Gasteiger partial charge in [0.1, 0.15) is 0 Å². The average Bonchev–Trinajstić information content (AvgIpc) is 2.14. The topological polar surface area (TPSA) is 30.3 Å². The molecule has 2 saturated heterocycles. The molecule has 0 aromatic heterocycles. The third-order valence-electron chi connectivity index (χ3n) is 4.04. The van der Waals surface area contributed by atoms with Gasteiger partial charge in [0.25, 0.3) is 0 Å². The van der Waals surface area contributed by atoms with Crippen molar-refractivity contribution in [3.8, 4) is 6.07 Å². The molecule has 0 spiro atoms. The minimum absolute atomic E-state index is 0.315. The van der Waals surface area contributed by atoms with Crippen LogP contribution in [0, 0.1) is 17.2 Å². The lowest BCUT2D eigenvalue weighted by Gasteiger charge is -2.52. The Morgan fingerprint density at radius 1 is 1.12 bits per heavy atom. The van der Waals surface area contributed by atoms with E-state index in [1.807, 2.05) is 0 Å². The lowest BCUT2D eigenvalue weighted by atomic mass is 9.92. The van der Waals surface area contributed by atoms with Crippen LogP contribution in [-0.2, 0) is 0 Å². The first-order chi connectivity index (χ1) is 7.50. The zero-order chi connectivity index (χ0) is 11.8. The molecule has 0 radical (unpaired) electrons. The largest absolute Gasteiger partial charge is 0.298 e. The van der Waals surface area contributed by atoms with Crippen molar-refractivity contribution >= 4 is 0 Å². The maximum Gasteiger partial charge on any atom is 0.0656 e. The van der Waals surface area contributed by atoms with Crippen molar-refractivity contribution in [1.29, 1.82) is 5.26 Å². The van der Waals surface area contributed by atoms with Gasteiger partial charge < -0.3 is 0 Å². The first-order valence-corrected chi connectivity index (χ1v) is 6.39. The molecule has 0 aromatic carbocycles. The SMILES string of the molecule is CC(C)(C)N1CC(N2CCC(C#N)CC2)C1. The van der Waals surface area contributed by atoms with Crippen molar-refractivity contribution in [3.05, 3.63) is 0 Å².